The normalized spacial score (nSPS) is 17.1. The summed E-state index contributed by atoms with van der Waals surface area (Å²) < 4.78 is 70.0. The number of nitrogens with zero attached hydrogens (tertiary/aromatic N) is 2. The number of aryl methyl sites for hydroxylation is 1. The quantitative estimate of drug-likeness (QED) is 0.533. The molecule has 0 amide bonds. The number of hydrogen-bond donors (Lipinski definition) is 2. The fourth-order valence-electron chi connectivity index (χ4n) is 3.90. The summed E-state index contributed by atoms with van der Waals surface area (Å²) in [6.45, 7) is 3.21. The first-order valence-corrected chi connectivity index (χ1v) is 12.5. The second kappa shape index (κ2) is 9.24. The molecule has 0 radical (unpaired) electrons. The highest BCUT2D eigenvalue weighted by atomic mass is 32.2. The van der Waals surface area contributed by atoms with Crippen molar-refractivity contribution >= 4 is 26.7 Å². The van der Waals surface area contributed by atoms with Crippen LogP contribution >= 0.6 is 0 Å². The van der Waals surface area contributed by atoms with Crippen LogP contribution in [0.2, 0.25) is 0 Å². The third kappa shape index (κ3) is 5.01. The van der Waals surface area contributed by atoms with E-state index in [1.807, 2.05) is 0 Å². The second-order valence-corrected chi connectivity index (χ2v) is 10.5. The van der Waals surface area contributed by atoms with Crippen LogP contribution in [0.3, 0.4) is 0 Å². The van der Waals surface area contributed by atoms with Gasteiger partial charge in [-0.2, -0.15) is 0 Å². The third-order valence-corrected chi connectivity index (χ3v) is 7.41. The van der Waals surface area contributed by atoms with E-state index < -0.39 is 45.3 Å². The van der Waals surface area contributed by atoms with Crippen LogP contribution in [0.4, 0.5) is 19.0 Å². The Morgan fingerprint density at radius 2 is 1.85 bits per heavy atom. The van der Waals surface area contributed by atoms with Gasteiger partial charge in [-0.1, -0.05) is 18.2 Å². The fourth-order valence-corrected chi connectivity index (χ4v) is 5.34. The molecule has 182 valence electrons. The van der Waals surface area contributed by atoms with Crippen LogP contribution in [-0.4, -0.2) is 41.0 Å². The number of aromatic amines is 1. The highest BCUT2D eigenvalue weighted by Crippen LogP contribution is 2.30. The van der Waals surface area contributed by atoms with Gasteiger partial charge >= 0.3 is 0 Å². The number of sulfone groups is 1. The van der Waals surface area contributed by atoms with E-state index in [1.54, 1.807) is 13.8 Å². The number of hydrogen-bond acceptors (Lipinski definition) is 7. The molecule has 0 saturated carbocycles. The van der Waals surface area contributed by atoms with E-state index in [0.29, 0.717) is 11.2 Å². The largest absolute Gasteiger partial charge is 0.485 e. The highest BCUT2D eigenvalue weighted by Gasteiger charge is 2.26. The summed E-state index contributed by atoms with van der Waals surface area (Å²) in [4.78, 5) is 23.7. The lowest BCUT2D eigenvalue weighted by Crippen LogP contribution is -2.32. The van der Waals surface area contributed by atoms with Crippen molar-refractivity contribution in [2.24, 2.45) is 0 Å². The van der Waals surface area contributed by atoms with Gasteiger partial charge in [-0.25, -0.2) is 31.6 Å². The molecule has 0 spiro atoms. The Labute approximate surface area is 193 Å². The summed E-state index contributed by atoms with van der Waals surface area (Å²) in [5.41, 5.74) is -0.975. The second-order valence-electron chi connectivity index (χ2n) is 8.23. The predicted molar refractivity (Wildman–Crippen MR) is 121 cm³/mol. The number of benzene rings is 1. The van der Waals surface area contributed by atoms with Crippen molar-refractivity contribution in [3.8, 4) is 5.75 Å². The van der Waals surface area contributed by atoms with Crippen molar-refractivity contribution in [1.82, 2.24) is 15.0 Å². The summed E-state index contributed by atoms with van der Waals surface area (Å²) in [5, 5.41) is 3.39. The summed E-state index contributed by atoms with van der Waals surface area (Å²) in [6.07, 6.45) is -2.85. The number of rotatable bonds is 6. The van der Waals surface area contributed by atoms with Crippen LogP contribution in [0, 0.1) is 12.7 Å². The molecule has 34 heavy (non-hydrogen) atoms. The van der Waals surface area contributed by atoms with Crippen LogP contribution in [0.15, 0.2) is 29.1 Å². The van der Waals surface area contributed by atoms with Crippen molar-refractivity contribution in [3.05, 3.63) is 57.4 Å². The topological polar surface area (TPSA) is 114 Å². The lowest BCUT2D eigenvalue weighted by Gasteiger charge is -2.23. The molecule has 1 aliphatic rings. The molecular weight excluding hydrogens is 473 g/mol. The fraction of sp³-hybridized carbons (Fsp3) is 0.409. The highest BCUT2D eigenvalue weighted by molar-refractivity contribution is 7.91. The lowest BCUT2D eigenvalue weighted by molar-refractivity contribution is 0.146. The number of fused-ring (bicyclic) bond motifs is 1. The molecule has 1 aliphatic heterocycles. The number of anilines is 1. The Balaban J connectivity index is 1.67. The molecule has 1 saturated heterocycles. The van der Waals surface area contributed by atoms with Gasteiger partial charge < -0.3 is 15.0 Å². The van der Waals surface area contributed by atoms with Crippen LogP contribution < -0.4 is 15.6 Å². The van der Waals surface area contributed by atoms with Crippen LogP contribution in [0.25, 0.3) is 11.0 Å². The minimum Gasteiger partial charge on any atom is -0.485 e. The van der Waals surface area contributed by atoms with Gasteiger partial charge in [-0.05, 0) is 26.7 Å². The van der Waals surface area contributed by atoms with E-state index in [2.05, 4.69) is 20.3 Å². The smallest absolute Gasteiger partial charge is 0.291 e. The number of aromatic nitrogens is 3. The monoisotopic (exact) mass is 496 g/mol. The third-order valence-electron chi connectivity index (χ3n) is 5.70. The molecule has 3 heterocycles. The Morgan fingerprint density at radius 1 is 1.18 bits per heavy atom. The van der Waals surface area contributed by atoms with Gasteiger partial charge in [0.1, 0.15) is 29.2 Å². The average Bonchev–Trinajstić information content (AvgIpc) is 2.75. The number of pyridine rings is 1. The molecule has 1 atom stereocenters. The molecule has 2 aromatic heterocycles. The van der Waals surface area contributed by atoms with Crippen molar-refractivity contribution < 1.29 is 26.3 Å². The van der Waals surface area contributed by atoms with Crippen molar-refractivity contribution in [3.63, 3.8) is 0 Å². The van der Waals surface area contributed by atoms with Crippen molar-refractivity contribution in [2.75, 3.05) is 16.8 Å². The molecule has 2 N–H and O–H groups in total. The van der Waals surface area contributed by atoms with Crippen molar-refractivity contribution in [2.45, 2.75) is 45.3 Å². The average molecular weight is 497 g/mol. The molecule has 3 aromatic rings. The molecule has 0 bridgehead atoms. The summed E-state index contributed by atoms with van der Waals surface area (Å²) >= 11 is 0. The van der Waals surface area contributed by atoms with E-state index in [4.69, 9.17) is 4.74 Å². The Morgan fingerprint density at radius 3 is 2.53 bits per heavy atom. The maximum absolute atomic E-state index is 14.6. The first-order chi connectivity index (χ1) is 16.0. The molecule has 0 aliphatic carbocycles. The van der Waals surface area contributed by atoms with E-state index in [1.165, 1.54) is 18.2 Å². The Bertz CT molecular complexity index is 1380. The van der Waals surface area contributed by atoms with Gasteiger partial charge in [0.2, 0.25) is 0 Å². The van der Waals surface area contributed by atoms with Gasteiger partial charge in [0.05, 0.1) is 28.5 Å². The molecule has 4 rings (SSSR count). The summed E-state index contributed by atoms with van der Waals surface area (Å²) in [5.74, 6) is -0.476. The van der Waals surface area contributed by atoms with Gasteiger partial charge in [0, 0.05) is 11.6 Å². The zero-order valence-corrected chi connectivity index (χ0v) is 19.3. The minimum atomic E-state index is -3.09. The summed E-state index contributed by atoms with van der Waals surface area (Å²) in [7, 11) is -3.09. The SMILES string of the molecule is Cc1nc(N[C@H](C)c2cccc(C(F)F)c2F)c2cc(OC3CCS(=O)(=O)CC3)c(=O)[nH]c2n1. The summed E-state index contributed by atoms with van der Waals surface area (Å²) in [6, 6.07) is 4.50. The Kier molecular flexibility index (Phi) is 6.52. The van der Waals surface area contributed by atoms with Gasteiger partial charge in [0.15, 0.2) is 15.6 Å². The number of nitrogens with one attached hydrogen (secondary N) is 2. The van der Waals surface area contributed by atoms with E-state index in [-0.39, 0.29) is 47.1 Å². The minimum absolute atomic E-state index is 0.0149. The first kappa shape index (κ1) is 24.0. The van der Waals surface area contributed by atoms with Gasteiger partial charge in [0.25, 0.3) is 12.0 Å². The van der Waals surface area contributed by atoms with Gasteiger partial charge in [-0.15, -0.1) is 0 Å². The number of halogens is 3. The number of H-pyrrole nitrogens is 1. The maximum atomic E-state index is 14.6. The molecule has 1 aromatic carbocycles. The maximum Gasteiger partial charge on any atom is 0.291 e. The number of alkyl halides is 2. The first-order valence-electron chi connectivity index (χ1n) is 10.7. The molecular formula is C22H23F3N4O4S. The van der Waals surface area contributed by atoms with Crippen molar-refractivity contribution in [1.29, 1.82) is 0 Å². The van der Waals surface area contributed by atoms with E-state index >= 15 is 0 Å². The predicted octanol–water partition coefficient (Wildman–Crippen LogP) is 3.83. The Hall–Kier alpha value is -3.15. The van der Waals surface area contributed by atoms with E-state index in [0.717, 1.165) is 6.07 Å². The zero-order valence-electron chi connectivity index (χ0n) is 18.4. The lowest BCUT2D eigenvalue weighted by atomic mass is 10.0. The molecule has 12 heteroatoms. The zero-order chi connectivity index (χ0) is 24.6. The number of ether oxygens (including phenoxy) is 1. The standard InChI is InChI=1S/C22H23F3N4O4S/c1-11(14-4-3-5-15(18(14)23)19(24)25)26-20-16-10-17(22(30)29-21(16)28-12(2)27-20)33-13-6-8-34(31,32)9-7-13/h3-5,10-11,13,19H,6-9H2,1-2H3,(H2,26,27,28,29,30)/t11-/m1/s1. The molecule has 0 unspecified atom stereocenters. The molecule has 8 nitrogen and oxygen atoms in total. The van der Waals surface area contributed by atoms with Crippen LogP contribution in [0.5, 0.6) is 5.75 Å². The molecule has 1 fully saturated rings. The van der Waals surface area contributed by atoms with Crippen LogP contribution in [-0.2, 0) is 9.84 Å². The van der Waals surface area contributed by atoms with E-state index in [9.17, 15) is 26.4 Å². The van der Waals surface area contributed by atoms with Crippen LogP contribution in [0.1, 0.15) is 49.2 Å². The van der Waals surface area contributed by atoms with Gasteiger partial charge in [-0.3, -0.25) is 4.79 Å².